The highest BCUT2D eigenvalue weighted by atomic mass is 32.1. The minimum atomic E-state index is -0.952. The van der Waals surface area contributed by atoms with Gasteiger partial charge >= 0.3 is 0 Å². The lowest BCUT2D eigenvalue weighted by atomic mass is 10.1. The summed E-state index contributed by atoms with van der Waals surface area (Å²) < 4.78 is 11.6. The number of ether oxygens (including phenoxy) is 1. The summed E-state index contributed by atoms with van der Waals surface area (Å²) in [5.74, 6) is -0.746. The van der Waals surface area contributed by atoms with Gasteiger partial charge in [0.05, 0.1) is 24.0 Å². The maximum Gasteiger partial charge on any atom is 0.256 e. The van der Waals surface area contributed by atoms with Crippen molar-refractivity contribution in [3.63, 3.8) is 0 Å². The molecule has 214 valence electrons. The topological polar surface area (TPSA) is 115 Å². The zero-order valence-electron chi connectivity index (χ0n) is 23.1. The van der Waals surface area contributed by atoms with Crippen molar-refractivity contribution >= 4 is 52.7 Å². The lowest BCUT2D eigenvalue weighted by molar-refractivity contribution is -0.746. The van der Waals surface area contributed by atoms with E-state index in [-0.39, 0.29) is 35.6 Å². The average molecular weight is 584 g/mol. The van der Waals surface area contributed by atoms with Crippen molar-refractivity contribution < 1.29 is 28.6 Å². The molecule has 10 nitrogen and oxygen atoms in total. The fourth-order valence-electron chi connectivity index (χ4n) is 4.59. The van der Waals surface area contributed by atoms with Gasteiger partial charge in [-0.1, -0.05) is 59.3 Å². The third kappa shape index (κ3) is 6.31. The number of nitrogens with one attached hydrogen (secondary N) is 1. The number of thiocarbonyl (C=S) groups is 1. The van der Waals surface area contributed by atoms with E-state index in [2.05, 4.69) is 10.6 Å². The molecule has 0 bridgehead atoms. The van der Waals surface area contributed by atoms with Crippen LogP contribution < -0.4 is 24.7 Å². The summed E-state index contributed by atoms with van der Waals surface area (Å²) in [5.41, 5.74) is 3.37. The van der Waals surface area contributed by atoms with Crippen LogP contribution in [0.15, 0.2) is 83.4 Å². The molecule has 1 unspecified atom stereocenters. The van der Waals surface area contributed by atoms with E-state index in [0.717, 1.165) is 11.1 Å². The number of nitrogens with zero attached hydrogens (tertiary/aromatic N) is 4. The maximum atomic E-state index is 13.7. The number of rotatable bonds is 10. The molecule has 0 spiro atoms. The van der Waals surface area contributed by atoms with Crippen molar-refractivity contribution in [2.24, 2.45) is 7.05 Å². The number of hydrogen-bond acceptors (Lipinski definition) is 7. The summed E-state index contributed by atoms with van der Waals surface area (Å²) in [4.78, 5) is 29.8. The van der Waals surface area contributed by atoms with Crippen LogP contribution in [-0.2, 0) is 23.2 Å². The van der Waals surface area contributed by atoms with Crippen molar-refractivity contribution in [1.29, 1.82) is 0 Å². The molecule has 1 N–H and O–H groups in total. The largest absolute Gasteiger partial charge is 0.539 e. The van der Waals surface area contributed by atoms with Gasteiger partial charge in [0.15, 0.2) is 18.1 Å². The van der Waals surface area contributed by atoms with Crippen molar-refractivity contribution in [3.05, 3.63) is 95.7 Å². The Bertz CT molecular complexity index is 1580. The molecule has 1 atom stereocenters. The Kier molecular flexibility index (Phi) is 8.58. The van der Waals surface area contributed by atoms with Gasteiger partial charge in [0.25, 0.3) is 11.6 Å². The summed E-state index contributed by atoms with van der Waals surface area (Å²) in [6.07, 6.45) is 3.81. The maximum absolute atomic E-state index is 13.7. The van der Waals surface area contributed by atoms with E-state index in [1.54, 1.807) is 48.3 Å². The van der Waals surface area contributed by atoms with Crippen LogP contribution in [0.5, 0.6) is 11.7 Å². The van der Waals surface area contributed by atoms with Gasteiger partial charge in [-0.25, -0.2) is 0 Å². The normalized spacial score (nSPS) is 15.0. The molecule has 1 aliphatic rings. The molecule has 0 radical (unpaired) electrons. The second-order valence-corrected chi connectivity index (χ2v) is 9.94. The molecule has 1 aromatic heterocycles. The number of aromatic nitrogens is 2. The highest BCUT2D eigenvalue weighted by Crippen LogP contribution is 2.30. The molecule has 11 heteroatoms. The van der Waals surface area contributed by atoms with Crippen molar-refractivity contribution in [2.45, 2.75) is 25.9 Å². The van der Waals surface area contributed by atoms with E-state index >= 15 is 0 Å². The van der Waals surface area contributed by atoms with Crippen molar-refractivity contribution in [3.8, 4) is 11.7 Å². The highest BCUT2D eigenvalue weighted by Gasteiger charge is 2.45. The minimum absolute atomic E-state index is 0.0582. The van der Waals surface area contributed by atoms with E-state index in [4.69, 9.17) is 21.5 Å². The Balaban J connectivity index is 1.32. The SMILES string of the molecule is CCOc1ccc(N2C(=O)C(CC(=O)Nc3ccc(/C=C/c4ccccc4)cc3)N(Cc3c([O-])on[n+]3C)C2=S)cc1. The smallest absolute Gasteiger partial charge is 0.256 e. The Morgan fingerprint density at radius 3 is 2.36 bits per heavy atom. The molecule has 1 aliphatic heterocycles. The quantitative estimate of drug-likeness (QED) is 0.171. The van der Waals surface area contributed by atoms with Gasteiger partial charge in [0.2, 0.25) is 5.91 Å². The lowest BCUT2D eigenvalue weighted by Crippen LogP contribution is -2.42. The third-order valence-corrected chi connectivity index (χ3v) is 7.18. The molecule has 2 heterocycles. The van der Waals surface area contributed by atoms with Crippen LogP contribution in [0.2, 0.25) is 0 Å². The molecule has 0 saturated carbocycles. The molecule has 2 amide bonds. The number of hydrogen-bond donors (Lipinski definition) is 1. The average Bonchev–Trinajstić information content (AvgIpc) is 3.43. The second-order valence-electron chi connectivity index (χ2n) is 9.58. The molecule has 1 saturated heterocycles. The lowest BCUT2D eigenvalue weighted by Gasteiger charge is -2.22. The highest BCUT2D eigenvalue weighted by molar-refractivity contribution is 7.80. The van der Waals surface area contributed by atoms with Crippen LogP contribution >= 0.6 is 12.2 Å². The summed E-state index contributed by atoms with van der Waals surface area (Å²) in [6, 6.07) is 23.3. The van der Waals surface area contributed by atoms with E-state index in [1.807, 2.05) is 61.5 Å². The first-order chi connectivity index (χ1) is 20.3. The van der Waals surface area contributed by atoms with E-state index < -0.39 is 12.0 Å². The predicted octanol–water partition coefficient (Wildman–Crippen LogP) is 3.67. The predicted molar refractivity (Wildman–Crippen MR) is 159 cm³/mol. The first kappa shape index (κ1) is 28.5. The number of amides is 2. The molecular formula is C31H29N5O5S. The zero-order valence-corrected chi connectivity index (χ0v) is 23.9. The third-order valence-electron chi connectivity index (χ3n) is 6.76. The number of benzene rings is 3. The van der Waals surface area contributed by atoms with Crippen molar-refractivity contribution in [2.75, 3.05) is 16.8 Å². The summed E-state index contributed by atoms with van der Waals surface area (Å²) in [6.45, 7) is 2.33. The fraction of sp³-hybridized carbons (Fsp3) is 0.194. The van der Waals surface area contributed by atoms with Crippen LogP contribution in [0, 0.1) is 0 Å². The monoisotopic (exact) mass is 583 g/mol. The van der Waals surface area contributed by atoms with Gasteiger partial charge in [0, 0.05) is 5.69 Å². The van der Waals surface area contributed by atoms with Crippen LogP contribution in [-0.4, -0.2) is 39.7 Å². The van der Waals surface area contributed by atoms with E-state index in [0.29, 0.717) is 23.7 Å². The Morgan fingerprint density at radius 2 is 1.74 bits per heavy atom. The van der Waals surface area contributed by atoms with Crippen molar-refractivity contribution in [1.82, 2.24) is 10.2 Å². The minimum Gasteiger partial charge on any atom is -0.539 e. The molecule has 4 aromatic rings. The Labute approximate surface area is 248 Å². The number of anilines is 2. The summed E-state index contributed by atoms with van der Waals surface area (Å²) in [7, 11) is 1.56. The number of carbonyl (C=O) groups is 2. The molecule has 3 aromatic carbocycles. The second kappa shape index (κ2) is 12.6. The molecule has 5 rings (SSSR count). The van der Waals surface area contributed by atoms with Crippen LogP contribution in [0.3, 0.4) is 0 Å². The van der Waals surface area contributed by atoms with Crippen LogP contribution in [0.25, 0.3) is 12.2 Å². The zero-order chi connectivity index (χ0) is 29.6. The Hall–Kier alpha value is -5.03. The summed E-state index contributed by atoms with van der Waals surface area (Å²) in [5, 5.41) is 19.0. The molecule has 42 heavy (non-hydrogen) atoms. The summed E-state index contributed by atoms with van der Waals surface area (Å²) >= 11 is 5.70. The Morgan fingerprint density at radius 1 is 1.07 bits per heavy atom. The standard InChI is InChI=1S/C31H29N5O5S/c1-3-40-25-17-15-24(16-18-25)36-29(38)26(35(31(36)42)20-27-30(39)41-33-34(27)2)19-28(37)32-23-13-11-22(12-14-23)10-9-21-7-5-4-6-8-21/h4-18,26H,3,19-20H2,1-2H3,(H-,32,33,37,39)/b10-9+. The van der Waals surface area contributed by atoms with Gasteiger partial charge in [-0.2, -0.15) is 0 Å². The molecular weight excluding hydrogens is 554 g/mol. The van der Waals surface area contributed by atoms with Gasteiger partial charge in [-0.3, -0.25) is 14.5 Å². The van der Waals surface area contributed by atoms with Gasteiger partial charge in [-0.05, 0) is 66.7 Å². The molecule has 1 fully saturated rings. The first-order valence-corrected chi connectivity index (χ1v) is 13.8. The fourth-order valence-corrected chi connectivity index (χ4v) is 4.98. The number of carbonyl (C=O) groups excluding carboxylic acids is 2. The van der Waals surface area contributed by atoms with Crippen LogP contribution in [0.1, 0.15) is 30.2 Å². The van der Waals surface area contributed by atoms with E-state index in [1.165, 1.54) is 9.58 Å². The molecule has 0 aliphatic carbocycles. The van der Waals surface area contributed by atoms with Crippen LogP contribution in [0.4, 0.5) is 11.4 Å². The number of aryl methyl sites for hydroxylation is 1. The van der Waals surface area contributed by atoms with E-state index in [9.17, 15) is 14.7 Å². The van der Waals surface area contributed by atoms with Gasteiger partial charge in [0.1, 0.15) is 18.3 Å². The first-order valence-electron chi connectivity index (χ1n) is 13.4. The van der Waals surface area contributed by atoms with Gasteiger partial charge in [-0.15, -0.1) is 0 Å². The van der Waals surface area contributed by atoms with Gasteiger partial charge < -0.3 is 24.6 Å².